The first kappa shape index (κ1) is 14.6. The van der Waals surface area contributed by atoms with Crippen molar-refractivity contribution >= 4 is 22.7 Å². The molecule has 0 radical (unpaired) electrons. The SMILES string of the molecule is COc1ccccc1CN1CC(O)=C(c2nc(C)cs2)C1=N. The Kier molecular flexibility index (Phi) is 3.85. The molecule has 1 aromatic carbocycles. The number of ether oxygens (including phenoxy) is 1. The summed E-state index contributed by atoms with van der Waals surface area (Å²) < 4.78 is 5.35. The lowest BCUT2D eigenvalue weighted by Gasteiger charge is -2.20. The number of nitrogens with zero attached hydrogens (tertiary/aromatic N) is 2. The van der Waals surface area contributed by atoms with Gasteiger partial charge in [-0.15, -0.1) is 11.3 Å². The molecule has 1 aliphatic rings. The zero-order valence-electron chi connectivity index (χ0n) is 12.5. The Bertz CT molecular complexity index is 751. The van der Waals surface area contributed by atoms with Crippen LogP contribution in [0.2, 0.25) is 0 Å². The first-order valence-corrected chi connectivity index (χ1v) is 7.78. The van der Waals surface area contributed by atoms with Crippen molar-refractivity contribution in [1.82, 2.24) is 9.88 Å². The quantitative estimate of drug-likeness (QED) is 0.909. The highest BCUT2D eigenvalue weighted by Crippen LogP contribution is 2.31. The van der Waals surface area contributed by atoms with Gasteiger partial charge in [-0.05, 0) is 13.0 Å². The first-order chi connectivity index (χ1) is 10.6. The number of methoxy groups -OCH3 is 1. The average Bonchev–Trinajstić information content (AvgIpc) is 3.04. The number of aromatic nitrogens is 1. The fraction of sp³-hybridized carbons (Fsp3) is 0.250. The van der Waals surface area contributed by atoms with Crippen LogP contribution in [0.3, 0.4) is 0 Å². The number of hydrogen-bond donors (Lipinski definition) is 2. The predicted octanol–water partition coefficient (Wildman–Crippen LogP) is 3.22. The second kappa shape index (κ2) is 5.81. The number of aliphatic hydroxyl groups is 1. The number of hydrogen-bond acceptors (Lipinski definition) is 5. The van der Waals surface area contributed by atoms with Crippen molar-refractivity contribution in [2.45, 2.75) is 13.5 Å². The summed E-state index contributed by atoms with van der Waals surface area (Å²) in [6.45, 7) is 2.74. The molecule has 0 amide bonds. The number of rotatable bonds is 4. The van der Waals surface area contributed by atoms with Gasteiger partial charge < -0.3 is 14.7 Å². The number of para-hydroxylation sites is 1. The third-order valence-electron chi connectivity index (χ3n) is 3.57. The van der Waals surface area contributed by atoms with Gasteiger partial charge in [0, 0.05) is 23.2 Å². The maximum absolute atomic E-state index is 10.2. The maximum atomic E-state index is 10.2. The molecule has 22 heavy (non-hydrogen) atoms. The van der Waals surface area contributed by atoms with Crippen molar-refractivity contribution in [3.63, 3.8) is 0 Å². The molecule has 1 aliphatic heterocycles. The van der Waals surface area contributed by atoms with Gasteiger partial charge in [-0.25, -0.2) is 4.98 Å². The fourth-order valence-electron chi connectivity index (χ4n) is 2.50. The summed E-state index contributed by atoms with van der Waals surface area (Å²) in [5.41, 5.74) is 2.42. The number of amidine groups is 1. The average molecular weight is 315 g/mol. The molecule has 2 aromatic rings. The van der Waals surface area contributed by atoms with E-state index in [1.807, 2.05) is 41.5 Å². The van der Waals surface area contributed by atoms with Crippen LogP contribution < -0.4 is 4.74 Å². The van der Waals surface area contributed by atoms with Crippen molar-refractivity contribution in [2.75, 3.05) is 13.7 Å². The molecule has 6 heteroatoms. The topological polar surface area (TPSA) is 69.4 Å². The third kappa shape index (κ3) is 2.57. The number of thiazole rings is 1. The van der Waals surface area contributed by atoms with Crippen molar-refractivity contribution in [2.24, 2.45) is 0 Å². The van der Waals surface area contributed by atoms with Crippen LogP contribution in [0.4, 0.5) is 0 Å². The van der Waals surface area contributed by atoms with Gasteiger partial charge in [-0.3, -0.25) is 5.41 Å². The van der Waals surface area contributed by atoms with Gasteiger partial charge in [0.1, 0.15) is 22.4 Å². The molecule has 2 N–H and O–H groups in total. The molecular weight excluding hydrogens is 298 g/mol. The Morgan fingerprint density at radius 1 is 1.41 bits per heavy atom. The van der Waals surface area contributed by atoms with Crippen molar-refractivity contribution < 1.29 is 9.84 Å². The zero-order valence-corrected chi connectivity index (χ0v) is 13.3. The Hall–Kier alpha value is -2.34. The minimum Gasteiger partial charge on any atom is -0.510 e. The lowest BCUT2D eigenvalue weighted by atomic mass is 10.2. The summed E-state index contributed by atoms with van der Waals surface area (Å²) in [6, 6.07) is 7.72. The number of nitrogens with one attached hydrogen (secondary N) is 1. The fourth-order valence-corrected chi connectivity index (χ4v) is 3.37. The van der Waals surface area contributed by atoms with Gasteiger partial charge in [0.2, 0.25) is 0 Å². The molecule has 1 aromatic heterocycles. The van der Waals surface area contributed by atoms with Crippen LogP contribution in [0.5, 0.6) is 5.75 Å². The van der Waals surface area contributed by atoms with Crippen LogP contribution in [0.15, 0.2) is 35.4 Å². The van der Waals surface area contributed by atoms with E-state index in [1.165, 1.54) is 11.3 Å². The molecule has 0 aliphatic carbocycles. The van der Waals surface area contributed by atoms with E-state index in [2.05, 4.69) is 4.98 Å². The molecule has 2 heterocycles. The van der Waals surface area contributed by atoms with E-state index in [-0.39, 0.29) is 5.76 Å². The van der Waals surface area contributed by atoms with Crippen LogP contribution in [0.25, 0.3) is 5.57 Å². The highest BCUT2D eigenvalue weighted by atomic mass is 32.1. The van der Waals surface area contributed by atoms with Crippen LogP contribution in [-0.4, -0.2) is 34.5 Å². The largest absolute Gasteiger partial charge is 0.510 e. The van der Waals surface area contributed by atoms with Gasteiger partial charge in [-0.2, -0.15) is 0 Å². The van der Waals surface area contributed by atoms with Gasteiger partial charge in [0.05, 0.1) is 19.2 Å². The highest BCUT2D eigenvalue weighted by molar-refractivity contribution is 7.11. The predicted molar refractivity (Wildman–Crippen MR) is 87.5 cm³/mol. The Balaban J connectivity index is 1.83. The van der Waals surface area contributed by atoms with E-state index in [9.17, 15) is 5.11 Å². The summed E-state index contributed by atoms with van der Waals surface area (Å²) in [7, 11) is 1.63. The van der Waals surface area contributed by atoms with Gasteiger partial charge in [0.15, 0.2) is 0 Å². The monoisotopic (exact) mass is 315 g/mol. The first-order valence-electron chi connectivity index (χ1n) is 6.90. The van der Waals surface area contributed by atoms with Crippen LogP contribution in [-0.2, 0) is 6.54 Å². The molecule has 0 saturated heterocycles. The number of aliphatic hydroxyl groups excluding tert-OH is 1. The summed E-state index contributed by atoms with van der Waals surface area (Å²) in [5.74, 6) is 1.29. The molecule has 0 fully saturated rings. The van der Waals surface area contributed by atoms with Gasteiger partial charge in [-0.1, -0.05) is 18.2 Å². The van der Waals surface area contributed by atoms with Crippen LogP contribution in [0, 0.1) is 12.3 Å². The normalized spacial score (nSPS) is 14.8. The van der Waals surface area contributed by atoms with E-state index in [1.54, 1.807) is 7.11 Å². The lowest BCUT2D eigenvalue weighted by Crippen LogP contribution is -2.26. The van der Waals surface area contributed by atoms with Crippen molar-refractivity contribution in [1.29, 1.82) is 5.41 Å². The summed E-state index contributed by atoms with van der Waals surface area (Å²) in [5, 5.41) is 21.2. The Morgan fingerprint density at radius 3 is 2.86 bits per heavy atom. The second-order valence-electron chi connectivity index (χ2n) is 5.13. The number of aryl methyl sites for hydroxylation is 1. The molecule has 0 bridgehead atoms. The molecule has 0 saturated carbocycles. The van der Waals surface area contributed by atoms with E-state index < -0.39 is 0 Å². The molecule has 0 unspecified atom stereocenters. The molecule has 5 nitrogen and oxygen atoms in total. The zero-order chi connectivity index (χ0) is 15.7. The number of benzene rings is 1. The van der Waals surface area contributed by atoms with Gasteiger partial charge >= 0.3 is 0 Å². The van der Waals surface area contributed by atoms with Crippen LogP contribution >= 0.6 is 11.3 Å². The van der Waals surface area contributed by atoms with E-state index >= 15 is 0 Å². The lowest BCUT2D eigenvalue weighted by molar-refractivity contribution is 0.341. The minimum atomic E-state index is 0.203. The van der Waals surface area contributed by atoms with Gasteiger partial charge in [0.25, 0.3) is 0 Å². The smallest absolute Gasteiger partial charge is 0.135 e. The minimum absolute atomic E-state index is 0.203. The Labute approximate surface area is 133 Å². The summed E-state index contributed by atoms with van der Waals surface area (Å²) >= 11 is 1.45. The summed E-state index contributed by atoms with van der Waals surface area (Å²) in [4.78, 5) is 6.20. The molecule has 0 atom stereocenters. The van der Waals surface area contributed by atoms with Crippen molar-refractivity contribution in [3.8, 4) is 5.75 Å². The molecular formula is C16H17N3O2S. The van der Waals surface area contributed by atoms with Crippen LogP contribution in [0.1, 0.15) is 16.3 Å². The third-order valence-corrected chi connectivity index (χ3v) is 4.55. The van der Waals surface area contributed by atoms with E-state index in [0.717, 1.165) is 17.0 Å². The maximum Gasteiger partial charge on any atom is 0.135 e. The summed E-state index contributed by atoms with van der Waals surface area (Å²) in [6.07, 6.45) is 0. The Morgan fingerprint density at radius 2 is 2.18 bits per heavy atom. The molecule has 114 valence electrons. The standard InChI is InChI=1S/C16H17N3O2S/c1-10-9-22-16(18-10)14-12(20)8-19(15(14)17)7-11-5-3-4-6-13(11)21-2/h3-6,9,17,20H,7-8H2,1-2H3. The second-order valence-corrected chi connectivity index (χ2v) is 5.99. The molecule has 0 spiro atoms. The highest BCUT2D eigenvalue weighted by Gasteiger charge is 2.30. The van der Waals surface area contributed by atoms with E-state index in [4.69, 9.17) is 10.1 Å². The van der Waals surface area contributed by atoms with E-state index in [0.29, 0.717) is 29.5 Å². The molecule has 3 rings (SSSR count). The van der Waals surface area contributed by atoms with Crippen molar-refractivity contribution in [3.05, 3.63) is 51.7 Å².